The van der Waals surface area contributed by atoms with E-state index >= 15 is 0 Å². The van der Waals surface area contributed by atoms with Crippen LogP contribution in [0.3, 0.4) is 0 Å². The molecule has 0 fully saturated rings. The fourth-order valence-electron chi connectivity index (χ4n) is 4.03. The van der Waals surface area contributed by atoms with Gasteiger partial charge in [-0.3, -0.25) is 0 Å². The van der Waals surface area contributed by atoms with E-state index in [1.54, 1.807) is 0 Å². The average molecular weight is 407 g/mol. The normalized spacial score (nSPS) is 11.3. The van der Waals surface area contributed by atoms with Crippen molar-refractivity contribution in [2.45, 2.75) is 91.2 Å². The highest BCUT2D eigenvalue weighted by atomic mass is 16.5. The standard InChI is InChI=1S/C27H38N2O/c1-3-5-6-7-8-9-10-11-14-21-29-26-16-13-12-15-25(26)28-27(29)22-30-24-19-17-23(4-2)18-20-24/h12-13,15-20H,3-11,14,21-22H2,1-2H3. The van der Waals surface area contributed by atoms with Gasteiger partial charge < -0.3 is 9.30 Å². The third kappa shape index (κ3) is 6.62. The smallest absolute Gasteiger partial charge is 0.147 e. The monoisotopic (exact) mass is 406 g/mol. The van der Waals surface area contributed by atoms with E-state index in [0.717, 1.165) is 30.1 Å². The average Bonchev–Trinajstić information content (AvgIpc) is 3.14. The van der Waals surface area contributed by atoms with E-state index < -0.39 is 0 Å². The van der Waals surface area contributed by atoms with Gasteiger partial charge in [-0.05, 0) is 42.7 Å². The van der Waals surface area contributed by atoms with Crippen molar-refractivity contribution in [3.05, 3.63) is 59.9 Å². The van der Waals surface area contributed by atoms with Gasteiger partial charge in [0.25, 0.3) is 0 Å². The van der Waals surface area contributed by atoms with Gasteiger partial charge in [-0.25, -0.2) is 4.98 Å². The van der Waals surface area contributed by atoms with Crippen molar-refractivity contribution in [1.82, 2.24) is 9.55 Å². The number of unbranched alkanes of at least 4 members (excludes halogenated alkanes) is 8. The van der Waals surface area contributed by atoms with Crippen LogP contribution < -0.4 is 4.74 Å². The summed E-state index contributed by atoms with van der Waals surface area (Å²) in [6.45, 7) is 5.98. The van der Waals surface area contributed by atoms with Crippen LogP contribution in [-0.2, 0) is 19.6 Å². The lowest BCUT2D eigenvalue weighted by Crippen LogP contribution is -2.07. The highest BCUT2D eigenvalue weighted by molar-refractivity contribution is 5.75. The Morgan fingerprint density at radius 3 is 2.13 bits per heavy atom. The maximum Gasteiger partial charge on any atom is 0.147 e. The molecule has 0 aliphatic carbocycles. The summed E-state index contributed by atoms with van der Waals surface area (Å²) in [5, 5.41) is 0. The van der Waals surface area contributed by atoms with Gasteiger partial charge in [-0.1, -0.05) is 89.5 Å². The molecule has 30 heavy (non-hydrogen) atoms. The molecule has 0 saturated carbocycles. The molecule has 0 amide bonds. The van der Waals surface area contributed by atoms with Gasteiger partial charge in [0.1, 0.15) is 18.2 Å². The Balaban J connectivity index is 1.52. The van der Waals surface area contributed by atoms with Crippen molar-refractivity contribution in [3.63, 3.8) is 0 Å². The quantitative estimate of drug-likeness (QED) is 0.256. The van der Waals surface area contributed by atoms with E-state index in [2.05, 4.69) is 66.9 Å². The second-order valence-corrected chi connectivity index (χ2v) is 8.28. The number of fused-ring (bicyclic) bond motifs is 1. The Morgan fingerprint density at radius 2 is 1.43 bits per heavy atom. The molecule has 1 aromatic heterocycles. The largest absolute Gasteiger partial charge is 0.486 e. The van der Waals surface area contributed by atoms with E-state index in [9.17, 15) is 0 Å². The number of hydrogen-bond acceptors (Lipinski definition) is 2. The van der Waals surface area contributed by atoms with Crippen LogP contribution in [0.5, 0.6) is 5.75 Å². The maximum absolute atomic E-state index is 6.07. The lowest BCUT2D eigenvalue weighted by atomic mass is 10.1. The van der Waals surface area contributed by atoms with Crippen molar-refractivity contribution in [1.29, 1.82) is 0 Å². The number of para-hydroxylation sites is 2. The Hall–Kier alpha value is -2.29. The van der Waals surface area contributed by atoms with Gasteiger partial charge in [0.05, 0.1) is 11.0 Å². The number of rotatable bonds is 14. The molecule has 162 valence electrons. The minimum absolute atomic E-state index is 0.511. The maximum atomic E-state index is 6.07. The van der Waals surface area contributed by atoms with Gasteiger partial charge in [0, 0.05) is 6.54 Å². The number of imidazole rings is 1. The zero-order valence-corrected chi connectivity index (χ0v) is 18.9. The van der Waals surface area contributed by atoms with E-state index in [-0.39, 0.29) is 0 Å². The van der Waals surface area contributed by atoms with Crippen LogP contribution >= 0.6 is 0 Å². The van der Waals surface area contributed by atoms with Crippen LogP contribution in [0.1, 0.15) is 83.0 Å². The molecule has 3 rings (SSSR count). The summed E-state index contributed by atoms with van der Waals surface area (Å²) in [6.07, 6.45) is 13.2. The lowest BCUT2D eigenvalue weighted by molar-refractivity contribution is 0.289. The second-order valence-electron chi connectivity index (χ2n) is 8.28. The molecule has 0 bridgehead atoms. The molecule has 0 atom stereocenters. The third-order valence-corrected chi connectivity index (χ3v) is 5.92. The number of aromatic nitrogens is 2. The van der Waals surface area contributed by atoms with Crippen LogP contribution in [-0.4, -0.2) is 9.55 Å². The molecule has 0 aliphatic heterocycles. The van der Waals surface area contributed by atoms with Gasteiger partial charge in [-0.2, -0.15) is 0 Å². The summed E-state index contributed by atoms with van der Waals surface area (Å²) in [5.41, 5.74) is 3.62. The molecule has 3 aromatic rings. The van der Waals surface area contributed by atoms with Crippen molar-refractivity contribution < 1.29 is 4.74 Å². The van der Waals surface area contributed by atoms with Crippen molar-refractivity contribution in [2.24, 2.45) is 0 Å². The summed E-state index contributed by atoms with van der Waals surface area (Å²) in [4.78, 5) is 4.86. The molecule has 0 spiro atoms. The first-order valence-corrected chi connectivity index (χ1v) is 12.0. The van der Waals surface area contributed by atoms with Gasteiger partial charge in [0.2, 0.25) is 0 Å². The first-order chi connectivity index (χ1) is 14.8. The Bertz CT molecular complexity index is 866. The lowest BCUT2D eigenvalue weighted by Gasteiger charge is -2.11. The number of ether oxygens (including phenoxy) is 1. The topological polar surface area (TPSA) is 27.1 Å². The molecule has 0 saturated heterocycles. The van der Waals surface area contributed by atoms with E-state index in [0.29, 0.717) is 6.61 Å². The summed E-state index contributed by atoms with van der Waals surface area (Å²) in [7, 11) is 0. The fourth-order valence-corrected chi connectivity index (χ4v) is 4.03. The molecule has 0 aliphatic rings. The first-order valence-electron chi connectivity index (χ1n) is 12.0. The number of nitrogens with zero attached hydrogens (tertiary/aromatic N) is 2. The molecular weight excluding hydrogens is 368 g/mol. The highest BCUT2D eigenvalue weighted by Crippen LogP contribution is 2.20. The zero-order valence-electron chi connectivity index (χ0n) is 18.9. The van der Waals surface area contributed by atoms with Gasteiger partial charge in [-0.15, -0.1) is 0 Å². The first kappa shape index (κ1) is 22.4. The molecule has 0 radical (unpaired) electrons. The van der Waals surface area contributed by atoms with Crippen LogP contribution in [0.2, 0.25) is 0 Å². The number of aryl methyl sites for hydroxylation is 2. The van der Waals surface area contributed by atoms with Crippen molar-refractivity contribution in [3.8, 4) is 5.75 Å². The van der Waals surface area contributed by atoms with Crippen LogP contribution in [0.25, 0.3) is 11.0 Å². The summed E-state index contributed by atoms with van der Waals surface area (Å²) in [5.74, 6) is 1.93. The molecule has 1 heterocycles. The van der Waals surface area contributed by atoms with E-state index in [1.165, 1.54) is 68.9 Å². The minimum atomic E-state index is 0.511. The second kappa shape index (κ2) is 12.4. The molecule has 3 heteroatoms. The molecule has 0 unspecified atom stereocenters. The Morgan fingerprint density at radius 1 is 0.767 bits per heavy atom. The molecule has 2 aromatic carbocycles. The summed E-state index contributed by atoms with van der Waals surface area (Å²) < 4.78 is 8.43. The summed E-state index contributed by atoms with van der Waals surface area (Å²) in [6, 6.07) is 16.8. The van der Waals surface area contributed by atoms with Crippen molar-refractivity contribution >= 4 is 11.0 Å². The van der Waals surface area contributed by atoms with E-state index in [4.69, 9.17) is 9.72 Å². The Labute approximate surface area is 182 Å². The van der Waals surface area contributed by atoms with Gasteiger partial charge >= 0.3 is 0 Å². The highest BCUT2D eigenvalue weighted by Gasteiger charge is 2.11. The van der Waals surface area contributed by atoms with Crippen molar-refractivity contribution in [2.75, 3.05) is 0 Å². The SMILES string of the molecule is CCCCCCCCCCCn1c(COc2ccc(CC)cc2)nc2ccccc21. The summed E-state index contributed by atoms with van der Waals surface area (Å²) >= 11 is 0. The van der Waals surface area contributed by atoms with E-state index in [1.807, 2.05) is 0 Å². The molecular formula is C27H38N2O. The minimum Gasteiger partial charge on any atom is -0.486 e. The fraction of sp³-hybridized carbons (Fsp3) is 0.519. The van der Waals surface area contributed by atoms with Gasteiger partial charge in [0.15, 0.2) is 0 Å². The predicted octanol–water partition coefficient (Wildman–Crippen LogP) is 7.71. The predicted molar refractivity (Wildman–Crippen MR) is 127 cm³/mol. The molecule has 3 nitrogen and oxygen atoms in total. The van der Waals surface area contributed by atoms with Crippen LogP contribution in [0.15, 0.2) is 48.5 Å². The third-order valence-electron chi connectivity index (χ3n) is 5.92. The zero-order chi connectivity index (χ0) is 21.0. The number of hydrogen-bond donors (Lipinski definition) is 0. The number of benzene rings is 2. The van der Waals surface area contributed by atoms with Crippen LogP contribution in [0.4, 0.5) is 0 Å². The van der Waals surface area contributed by atoms with Crippen LogP contribution in [0, 0.1) is 0 Å². The molecule has 0 N–H and O–H groups in total. The Kier molecular flexibility index (Phi) is 9.27.